The highest BCUT2D eigenvalue weighted by Gasteiger charge is 2.41. The number of esters is 1. The second kappa shape index (κ2) is 4.27. The number of carbonyl (C=O) groups excluding carboxylic acids is 1. The Morgan fingerprint density at radius 2 is 1.36 bits per heavy atom. The van der Waals surface area contributed by atoms with Gasteiger partial charge in [-0.05, 0) is 0 Å². The van der Waals surface area contributed by atoms with E-state index in [-0.39, 0.29) is 0 Å². The lowest BCUT2D eigenvalue weighted by Gasteiger charge is -2.24. The third-order valence-corrected chi connectivity index (χ3v) is 1.24. The molecule has 0 aliphatic heterocycles. The van der Waals surface area contributed by atoms with Gasteiger partial charge in [-0.3, -0.25) is 0 Å². The molecule has 0 aromatic heterocycles. The maximum absolute atomic E-state index is 10.9. The zero-order chi connectivity index (χ0) is 8.91. The van der Waals surface area contributed by atoms with E-state index in [1.165, 1.54) is 28.4 Å². The van der Waals surface area contributed by atoms with Crippen LogP contribution in [0.1, 0.15) is 0 Å². The Bertz CT molecular complexity index is 121. The van der Waals surface area contributed by atoms with Gasteiger partial charge in [-0.15, -0.1) is 0 Å². The normalized spacial score (nSPS) is 11.3. The molecule has 0 aromatic rings. The Kier molecular flexibility index (Phi) is 4.02. The molecule has 0 aliphatic rings. The molecule has 0 atom stereocenters. The van der Waals surface area contributed by atoms with Gasteiger partial charge in [0.1, 0.15) is 0 Å². The lowest BCUT2D eigenvalue weighted by Crippen LogP contribution is -2.45. The van der Waals surface area contributed by atoms with Crippen LogP contribution in [0.4, 0.5) is 0 Å². The topological polar surface area (TPSA) is 54.0 Å². The molecule has 0 saturated heterocycles. The maximum atomic E-state index is 10.9. The van der Waals surface area contributed by atoms with E-state index in [1.54, 1.807) is 0 Å². The lowest BCUT2D eigenvalue weighted by molar-refractivity contribution is -0.337. The summed E-state index contributed by atoms with van der Waals surface area (Å²) in [4.78, 5) is 10.9. The highest BCUT2D eigenvalue weighted by atomic mass is 16.9. The van der Waals surface area contributed by atoms with Crippen LogP contribution in [0, 0.1) is 0 Å². The van der Waals surface area contributed by atoms with Crippen LogP contribution in [0.25, 0.3) is 0 Å². The Balaban J connectivity index is 4.39. The van der Waals surface area contributed by atoms with E-state index in [0.29, 0.717) is 0 Å². The Hall–Kier alpha value is -0.650. The Labute approximate surface area is 65.2 Å². The van der Waals surface area contributed by atoms with Crippen LogP contribution in [0.2, 0.25) is 0 Å². The molecule has 0 bridgehead atoms. The third kappa shape index (κ3) is 1.89. The summed E-state index contributed by atoms with van der Waals surface area (Å²) in [6.07, 6.45) is 0. The summed E-state index contributed by atoms with van der Waals surface area (Å²) in [6, 6.07) is 0. The summed E-state index contributed by atoms with van der Waals surface area (Å²) in [5, 5.41) is 0. The van der Waals surface area contributed by atoms with Gasteiger partial charge in [0.15, 0.2) is 0 Å². The fourth-order valence-electron chi connectivity index (χ4n) is 0.625. The summed E-state index contributed by atoms with van der Waals surface area (Å²) in [7, 11) is 5.06. The fourth-order valence-corrected chi connectivity index (χ4v) is 0.625. The third-order valence-electron chi connectivity index (χ3n) is 1.24. The zero-order valence-corrected chi connectivity index (χ0v) is 7.04. The van der Waals surface area contributed by atoms with Gasteiger partial charge in [-0.25, -0.2) is 4.79 Å². The minimum Gasteiger partial charge on any atom is -0.463 e. The summed E-state index contributed by atoms with van der Waals surface area (Å²) < 4.78 is 18.4. The molecule has 5 nitrogen and oxygen atoms in total. The van der Waals surface area contributed by atoms with Crippen molar-refractivity contribution in [1.82, 2.24) is 0 Å². The van der Waals surface area contributed by atoms with Crippen molar-refractivity contribution in [3.8, 4) is 0 Å². The first-order valence-electron chi connectivity index (χ1n) is 2.90. The predicted octanol–water partition coefficient (Wildman–Crippen LogP) is -0.248. The van der Waals surface area contributed by atoms with Crippen molar-refractivity contribution in [1.29, 1.82) is 0 Å². The van der Waals surface area contributed by atoms with Crippen molar-refractivity contribution in [2.45, 2.75) is 5.97 Å². The molecular weight excluding hydrogens is 152 g/mol. The molecule has 66 valence electrons. The SMILES string of the molecule is COC(=O)C(OC)(OC)OC. The van der Waals surface area contributed by atoms with E-state index >= 15 is 0 Å². The van der Waals surface area contributed by atoms with Gasteiger partial charge in [0, 0.05) is 21.3 Å². The molecule has 0 unspecified atom stereocenters. The van der Waals surface area contributed by atoms with Gasteiger partial charge < -0.3 is 18.9 Å². The van der Waals surface area contributed by atoms with Crippen LogP contribution in [0.3, 0.4) is 0 Å². The molecule has 0 amide bonds. The standard InChI is InChI=1S/C6H12O5/c1-8-5(7)6(9-2,10-3)11-4/h1-4H3. The monoisotopic (exact) mass is 164 g/mol. The molecule has 0 heterocycles. The second-order valence-electron chi connectivity index (χ2n) is 1.66. The number of rotatable bonds is 4. The van der Waals surface area contributed by atoms with Crippen LogP contribution < -0.4 is 0 Å². The minimum absolute atomic E-state index is 0.731. The van der Waals surface area contributed by atoms with Crippen LogP contribution in [-0.2, 0) is 23.7 Å². The predicted molar refractivity (Wildman–Crippen MR) is 35.8 cm³/mol. The van der Waals surface area contributed by atoms with Crippen LogP contribution in [-0.4, -0.2) is 40.4 Å². The van der Waals surface area contributed by atoms with Gasteiger partial charge >= 0.3 is 11.9 Å². The first-order valence-corrected chi connectivity index (χ1v) is 2.90. The van der Waals surface area contributed by atoms with Crippen molar-refractivity contribution in [3.05, 3.63) is 0 Å². The molecule has 0 N–H and O–H groups in total. The average molecular weight is 164 g/mol. The highest BCUT2D eigenvalue weighted by Crippen LogP contribution is 2.13. The Morgan fingerprint density at radius 3 is 1.45 bits per heavy atom. The number of hydrogen-bond donors (Lipinski definition) is 0. The van der Waals surface area contributed by atoms with Gasteiger partial charge in [0.25, 0.3) is 0 Å². The lowest BCUT2D eigenvalue weighted by atomic mass is 10.5. The molecule has 0 saturated carbocycles. The molecule has 0 radical (unpaired) electrons. The molecule has 11 heavy (non-hydrogen) atoms. The molecule has 5 heteroatoms. The van der Waals surface area contributed by atoms with Gasteiger partial charge in [0.05, 0.1) is 7.11 Å². The Morgan fingerprint density at radius 1 is 1.00 bits per heavy atom. The molecular formula is C6H12O5. The van der Waals surface area contributed by atoms with E-state index in [9.17, 15) is 4.79 Å². The maximum Gasteiger partial charge on any atom is 0.397 e. The van der Waals surface area contributed by atoms with Gasteiger partial charge in [0.2, 0.25) is 0 Å². The van der Waals surface area contributed by atoms with E-state index in [4.69, 9.17) is 0 Å². The van der Waals surface area contributed by atoms with Gasteiger partial charge in [-0.2, -0.15) is 0 Å². The van der Waals surface area contributed by atoms with E-state index < -0.39 is 11.9 Å². The van der Waals surface area contributed by atoms with Crippen LogP contribution in [0.15, 0.2) is 0 Å². The summed E-state index contributed by atoms with van der Waals surface area (Å²) in [5.74, 6) is -2.46. The summed E-state index contributed by atoms with van der Waals surface area (Å²) >= 11 is 0. The molecule has 0 spiro atoms. The van der Waals surface area contributed by atoms with Crippen LogP contribution in [0.5, 0.6) is 0 Å². The summed E-state index contributed by atoms with van der Waals surface area (Å²) in [5.41, 5.74) is 0. The average Bonchev–Trinajstić information content (AvgIpc) is 2.08. The van der Waals surface area contributed by atoms with Crippen LogP contribution >= 0.6 is 0 Å². The van der Waals surface area contributed by atoms with Crippen molar-refractivity contribution < 1.29 is 23.7 Å². The number of methoxy groups -OCH3 is 4. The minimum atomic E-state index is -1.73. The van der Waals surface area contributed by atoms with E-state index in [0.717, 1.165) is 0 Å². The quantitative estimate of drug-likeness (QED) is 0.423. The molecule has 0 fully saturated rings. The first kappa shape index (κ1) is 10.3. The largest absolute Gasteiger partial charge is 0.463 e. The summed E-state index contributed by atoms with van der Waals surface area (Å²) in [6.45, 7) is 0. The first-order chi connectivity index (χ1) is 5.16. The van der Waals surface area contributed by atoms with Crippen molar-refractivity contribution in [2.24, 2.45) is 0 Å². The molecule has 0 rings (SSSR count). The number of hydrogen-bond acceptors (Lipinski definition) is 5. The zero-order valence-electron chi connectivity index (χ0n) is 7.04. The van der Waals surface area contributed by atoms with Crippen molar-refractivity contribution >= 4 is 5.97 Å². The van der Waals surface area contributed by atoms with Gasteiger partial charge in [-0.1, -0.05) is 0 Å². The molecule has 0 aromatic carbocycles. The molecule has 0 aliphatic carbocycles. The van der Waals surface area contributed by atoms with Crippen molar-refractivity contribution in [2.75, 3.05) is 28.4 Å². The fraction of sp³-hybridized carbons (Fsp3) is 0.833. The number of carbonyl (C=O) groups is 1. The highest BCUT2D eigenvalue weighted by molar-refractivity contribution is 5.76. The van der Waals surface area contributed by atoms with E-state index in [1.807, 2.05) is 0 Å². The van der Waals surface area contributed by atoms with E-state index in [2.05, 4.69) is 18.9 Å². The van der Waals surface area contributed by atoms with Crippen molar-refractivity contribution in [3.63, 3.8) is 0 Å². The second-order valence-corrected chi connectivity index (χ2v) is 1.66. The number of ether oxygens (including phenoxy) is 4. The smallest absolute Gasteiger partial charge is 0.397 e.